The molecule has 0 saturated carbocycles. The van der Waals surface area contributed by atoms with Gasteiger partial charge in [-0.05, 0) is 53.6 Å². The summed E-state index contributed by atoms with van der Waals surface area (Å²) in [6.07, 6.45) is 11.8. The molecular weight excluding hydrogens is 518 g/mol. The molecule has 0 spiro atoms. The number of ether oxygens (including phenoxy) is 1. The van der Waals surface area contributed by atoms with Crippen molar-refractivity contribution >= 4 is 39.7 Å². The third-order valence-electron chi connectivity index (χ3n) is 5.22. The molecule has 3 aromatic heterocycles. The fraction of sp³-hybridized carbons (Fsp3) is 0.217. The van der Waals surface area contributed by atoms with Crippen LogP contribution in [0.2, 0.25) is 0 Å². The molecule has 1 atom stereocenters. The van der Waals surface area contributed by atoms with E-state index in [-0.39, 0.29) is 17.9 Å². The number of carbonyl (C=O) groups excluding carboxylic acids is 1. The molecule has 35 heavy (non-hydrogen) atoms. The number of anilines is 1. The van der Waals surface area contributed by atoms with E-state index in [0.717, 1.165) is 4.47 Å². The number of aromatic nitrogens is 4. The van der Waals surface area contributed by atoms with Crippen LogP contribution in [0.3, 0.4) is 0 Å². The number of nitro groups is 1. The van der Waals surface area contributed by atoms with Crippen LogP contribution in [0.5, 0.6) is 0 Å². The summed E-state index contributed by atoms with van der Waals surface area (Å²) in [4.78, 5) is 44.7. The van der Waals surface area contributed by atoms with E-state index >= 15 is 0 Å². The first-order chi connectivity index (χ1) is 16.9. The standard InChI is InChI=1S/C23H20BrN7O4/c1-2-35-21(32)18-14-28-22(30-20(18)15-10-16(24)12-25-11-15)26-9-7-23(6-3-8-29-23)19-5-4-17(13-27-19)31(33)34/h3-6,8,10-14H,2,7,9H2,1H3,(H,26,28,30). The van der Waals surface area contributed by atoms with Crippen molar-refractivity contribution in [3.8, 4) is 11.3 Å². The maximum absolute atomic E-state index is 12.5. The number of hydrogen-bond acceptors (Lipinski definition) is 10. The van der Waals surface area contributed by atoms with Crippen molar-refractivity contribution in [3.05, 3.63) is 81.0 Å². The van der Waals surface area contributed by atoms with Gasteiger partial charge in [0.05, 0.1) is 22.9 Å². The zero-order valence-corrected chi connectivity index (χ0v) is 20.2. The smallest absolute Gasteiger partial charge is 0.341 e. The van der Waals surface area contributed by atoms with E-state index in [4.69, 9.17) is 4.74 Å². The normalized spacial score (nSPS) is 16.3. The molecule has 0 radical (unpaired) electrons. The Morgan fingerprint density at radius 3 is 2.74 bits per heavy atom. The number of halogens is 1. The molecule has 3 aromatic rings. The van der Waals surface area contributed by atoms with Crippen LogP contribution >= 0.6 is 15.9 Å². The van der Waals surface area contributed by atoms with Gasteiger partial charge in [0.15, 0.2) is 0 Å². The Morgan fingerprint density at radius 1 is 1.23 bits per heavy atom. The predicted molar refractivity (Wildman–Crippen MR) is 132 cm³/mol. The summed E-state index contributed by atoms with van der Waals surface area (Å²) in [7, 11) is 0. The molecular formula is C23H20BrN7O4. The lowest BCUT2D eigenvalue weighted by Crippen LogP contribution is -2.25. The van der Waals surface area contributed by atoms with Gasteiger partial charge in [-0.15, -0.1) is 0 Å². The maximum Gasteiger partial charge on any atom is 0.341 e. The highest BCUT2D eigenvalue weighted by Crippen LogP contribution is 2.33. The average Bonchev–Trinajstić information content (AvgIpc) is 3.34. The van der Waals surface area contributed by atoms with Crippen molar-refractivity contribution in [2.24, 2.45) is 4.99 Å². The van der Waals surface area contributed by atoms with Gasteiger partial charge in [0.2, 0.25) is 5.95 Å². The minimum absolute atomic E-state index is 0.0855. The van der Waals surface area contributed by atoms with E-state index in [9.17, 15) is 14.9 Å². The van der Waals surface area contributed by atoms with Gasteiger partial charge in [0.1, 0.15) is 17.3 Å². The van der Waals surface area contributed by atoms with Crippen molar-refractivity contribution in [2.45, 2.75) is 18.9 Å². The van der Waals surface area contributed by atoms with Crippen LogP contribution in [0.15, 0.2) is 64.6 Å². The van der Waals surface area contributed by atoms with Crippen LogP contribution in [0.1, 0.15) is 29.4 Å². The van der Waals surface area contributed by atoms with E-state index in [1.165, 1.54) is 18.5 Å². The number of hydrogen-bond donors (Lipinski definition) is 1. The number of esters is 1. The summed E-state index contributed by atoms with van der Waals surface area (Å²) in [5, 5.41) is 14.1. The Morgan fingerprint density at radius 2 is 2.09 bits per heavy atom. The molecule has 0 saturated heterocycles. The Bertz CT molecular complexity index is 1300. The minimum Gasteiger partial charge on any atom is -0.462 e. The number of allylic oxidation sites excluding steroid dienone is 1. The van der Waals surface area contributed by atoms with Crippen molar-refractivity contribution in [1.29, 1.82) is 0 Å². The van der Waals surface area contributed by atoms with Crippen LogP contribution < -0.4 is 5.32 Å². The number of nitrogens with one attached hydrogen (secondary N) is 1. The summed E-state index contributed by atoms with van der Waals surface area (Å²) in [6, 6.07) is 4.82. The zero-order valence-electron chi connectivity index (χ0n) is 18.6. The SMILES string of the molecule is CCOC(=O)c1cnc(NCCC2(c3ccc([N+](=O)[O-])cn3)C=CC=N2)nc1-c1cncc(Br)c1. The van der Waals surface area contributed by atoms with Gasteiger partial charge in [0, 0.05) is 47.5 Å². The molecule has 0 bridgehead atoms. The van der Waals surface area contributed by atoms with Crippen LogP contribution in [0.25, 0.3) is 11.3 Å². The fourth-order valence-corrected chi connectivity index (χ4v) is 3.92. The van der Waals surface area contributed by atoms with Gasteiger partial charge in [-0.3, -0.25) is 25.1 Å². The molecule has 178 valence electrons. The van der Waals surface area contributed by atoms with Crippen LogP contribution in [-0.2, 0) is 10.3 Å². The molecule has 0 amide bonds. The van der Waals surface area contributed by atoms with Gasteiger partial charge in [-0.1, -0.05) is 0 Å². The predicted octanol–water partition coefficient (Wildman–Crippen LogP) is 4.12. The highest BCUT2D eigenvalue weighted by atomic mass is 79.9. The zero-order chi connectivity index (χ0) is 24.8. The van der Waals surface area contributed by atoms with E-state index < -0.39 is 16.4 Å². The van der Waals surface area contributed by atoms with Gasteiger partial charge >= 0.3 is 5.97 Å². The van der Waals surface area contributed by atoms with Gasteiger partial charge in [-0.2, -0.15) is 0 Å². The molecule has 0 aliphatic carbocycles. The van der Waals surface area contributed by atoms with E-state index in [1.807, 2.05) is 12.2 Å². The molecule has 1 N–H and O–H groups in total. The lowest BCUT2D eigenvalue weighted by atomic mass is 9.92. The summed E-state index contributed by atoms with van der Waals surface area (Å²) in [5.41, 5.74) is 0.992. The molecule has 1 unspecified atom stereocenters. The van der Waals surface area contributed by atoms with Crippen LogP contribution in [0, 0.1) is 10.1 Å². The average molecular weight is 538 g/mol. The summed E-state index contributed by atoms with van der Waals surface area (Å²) in [5.74, 6) is -0.214. The van der Waals surface area contributed by atoms with Crippen LogP contribution in [-0.4, -0.2) is 50.2 Å². The molecule has 1 aliphatic heterocycles. The highest BCUT2D eigenvalue weighted by Gasteiger charge is 2.32. The maximum atomic E-state index is 12.5. The lowest BCUT2D eigenvalue weighted by molar-refractivity contribution is -0.385. The molecule has 1 aliphatic rings. The Hall–Kier alpha value is -4.06. The van der Waals surface area contributed by atoms with Gasteiger partial charge in [0.25, 0.3) is 5.69 Å². The highest BCUT2D eigenvalue weighted by molar-refractivity contribution is 9.10. The molecule has 12 heteroatoms. The third-order valence-corrected chi connectivity index (χ3v) is 5.65. The number of nitrogens with zero attached hydrogens (tertiary/aromatic N) is 6. The van der Waals surface area contributed by atoms with Crippen molar-refractivity contribution in [2.75, 3.05) is 18.5 Å². The van der Waals surface area contributed by atoms with Crippen LogP contribution in [0.4, 0.5) is 11.6 Å². The minimum atomic E-state index is -0.760. The summed E-state index contributed by atoms with van der Waals surface area (Å²) in [6.45, 7) is 2.36. The van der Waals surface area contributed by atoms with E-state index in [0.29, 0.717) is 35.9 Å². The Labute approximate surface area is 208 Å². The lowest BCUT2D eigenvalue weighted by Gasteiger charge is -2.23. The first kappa shape index (κ1) is 24.1. The summed E-state index contributed by atoms with van der Waals surface area (Å²) < 4.78 is 5.89. The van der Waals surface area contributed by atoms with Gasteiger partial charge < -0.3 is 10.1 Å². The third kappa shape index (κ3) is 5.38. The molecule has 0 fully saturated rings. The Kier molecular flexibility index (Phi) is 7.20. The number of carbonyl (C=O) groups is 1. The number of rotatable bonds is 9. The number of pyridine rings is 2. The molecule has 0 aromatic carbocycles. The monoisotopic (exact) mass is 537 g/mol. The largest absolute Gasteiger partial charge is 0.462 e. The van der Waals surface area contributed by atoms with E-state index in [2.05, 4.69) is 46.2 Å². The first-order valence-electron chi connectivity index (χ1n) is 10.6. The molecule has 11 nitrogen and oxygen atoms in total. The second kappa shape index (κ2) is 10.5. The van der Waals surface area contributed by atoms with Crippen molar-refractivity contribution in [3.63, 3.8) is 0 Å². The topological polar surface area (TPSA) is 145 Å². The van der Waals surface area contributed by atoms with E-state index in [1.54, 1.807) is 37.7 Å². The van der Waals surface area contributed by atoms with Crippen molar-refractivity contribution < 1.29 is 14.5 Å². The van der Waals surface area contributed by atoms with Gasteiger partial charge in [-0.25, -0.2) is 14.8 Å². The first-order valence-corrected chi connectivity index (χ1v) is 11.4. The molecule has 4 rings (SSSR count). The second-order valence-electron chi connectivity index (χ2n) is 7.47. The fourth-order valence-electron chi connectivity index (χ4n) is 3.55. The molecule has 4 heterocycles. The number of aliphatic imine (C=N–C) groups is 1. The Balaban J connectivity index is 1.55. The second-order valence-corrected chi connectivity index (χ2v) is 8.38. The summed E-state index contributed by atoms with van der Waals surface area (Å²) >= 11 is 3.39. The quantitative estimate of drug-likeness (QED) is 0.242. The van der Waals surface area contributed by atoms with Crippen molar-refractivity contribution in [1.82, 2.24) is 19.9 Å².